The van der Waals surface area contributed by atoms with Gasteiger partial charge in [-0.05, 0) is 13.0 Å². The molecule has 1 saturated heterocycles. The number of amides is 1. The molecule has 0 saturated carbocycles. The number of aromatic nitrogens is 1. The molecule has 1 fully saturated rings. The van der Waals surface area contributed by atoms with Gasteiger partial charge in [0.1, 0.15) is 5.75 Å². The van der Waals surface area contributed by atoms with Crippen molar-refractivity contribution in [3.8, 4) is 5.75 Å². The van der Waals surface area contributed by atoms with Crippen LogP contribution in [0.15, 0.2) is 18.5 Å². The van der Waals surface area contributed by atoms with Gasteiger partial charge in [0.25, 0.3) is 5.91 Å². The minimum Gasteiger partial charge on any atom is -0.494 e. The van der Waals surface area contributed by atoms with E-state index >= 15 is 0 Å². The third kappa shape index (κ3) is 3.08. The highest BCUT2D eigenvalue weighted by molar-refractivity contribution is 5.96. The van der Waals surface area contributed by atoms with Crippen molar-refractivity contribution in [3.63, 3.8) is 0 Å². The molecular formula is C14H22N4O2. The van der Waals surface area contributed by atoms with E-state index in [2.05, 4.69) is 16.8 Å². The zero-order valence-corrected chi connectivity index (χ0v) is 12.1. The number of pyridine rings is 1. The van der Waals surface area contributed by atoms with Crippen LogP contribution in [0.5, 0.6) is 5.75 Å². The average Bonchev–Trinajstić information content (AvgIpc) is 2.53. The maximum Gasteiger partial charge on any atom is 0.257 e. The Balaban J connectivity index is 2.01. The molecule has 1 amide bonds. The quantitative estimate of drug-likeness (QED) is 0.851. The van der Waals surface area contributed by atoms with Crippen LogP contribution >= 0.6 is 0 Å². The molecule has 1 unspecified atom stereocenters. The van der Waals surface area contributed by atoms with Gasteiger partial charge < -0.3 is 15.4 Å². The number of hydrogen-bond donors (Lipinski definition) is 1. The fourth-order valence-electron chi connectivity index (χ4n) is 2.40. The van der Waals surface area contributed by atoms with Crippen molar-refractivity contribution in [1.82, 2.24) is 14.8 Å². The summed E-state index contributed by atoms with van der Waals surface area (Å²) < 4.78 is 5.20. The molecule has 0 aromatic carbocycles. The molecule has 2 heterocycles. The molecule has 2 rings (SSSR count). The summed E-state index contributed by atoms with van der Waals surface area (Å²) >= 11 is 0. The van der Waals surface area contributed by atoms with E-state index in [1.807, 2.05) is 4.90 Å². The first-order valence-corrected chi connectivity index (χ1v) is 6.88. The van der Waals surface area contributed by atoms with Crippen LogP contribution in [-0.2, 0) is 0 Å². The van der Waals surface area contributed by atoms with Gasteiger partial charge in [-0.3, -0.25) is 14.7 Å². The van der Waals surface area contributed by atoms with Crippen LogP contribution in [0.2, 0.25) is 0 Å². The van der Waals surface area contributed by atoms with E-state index in [-0.39, 0.29) is 5.91 Å². The molecule has 0 radical (unpaired) electrons. The Bertz CT molecular complexity index is 458. The number of hydrogen-bond acceptors (Lipinski definition) is 5. The Morgan fingerprint density at radius 3 is 2.75 bits per heavy atom. The van der Waals surface area contributed by atoms with Crippen LogP contribution in [0.25, 0.3) is 0 Å². The highest BCUT2D eigenvalue weighted by Crippen LogP contribution is 2.19. The topological polar surface area (TPSA) is 71.7 Å². The minimum absolute atomic E-state index is 0.00398. The molecular weight excluding hydrogens is 256 g/mol. The maximum atomic E-state index is 12.5. The Labute approximate surface area is 119 Å². The number of nitrogens with zero attached hydrogens (tertiary/aromatic N) is 3. The first kappa shape index (κ1) is 14.7. The normalized spacial score (nSPS) is 17.9. The Hall–Kier alpha value is -1.66. The first-order valence-electron chi connectivity index (χ1n) is 6.88. The van der Waals surface area contributed by atoms with Crippen molar-refractivity contribution in [2.75, 3.05) is 39.8 Å². The van der Waals surface area contributed by atoms with Gasteiger partial charge in [-0.1, -0.05) is 0 Å². The molecule has 1 aliphatic heterocycles. The number of carbonyl (C=O) groups excluding carboxylic acids is 1. The lowest BCUT2D eigenvalue weighted by molar-refractivity contribution is 0.0586. The summed E-state index contributed by atoms with van der Waals surface area (Å²) in [7, 11) is 1.55. The van der Waals surface area contributed by atoms with Crippen LogP contribution in [0.4, 0.5) is 0 Å². The van der Waals surface area contributed by atoms with Gasteiger partial charge in [-0.2, -0.15) is 0 Å². The molecule has 0 aliphatic carbocycles. The van der Waals surface area contributed by atoms with Gasteiger partial charge in [0.2, 0.25) is 0 Å². The maximum absolute atomic E-state index is 12.5. The van der Waals surface area contributed by atoms with Gasteiger partial charge in [-0.25, -0.2) is 0 Å². The molecule has 1 aliphatic rings. The summed E-state index contributed by atoms with van der Waals surface area (Å²) in [6, 6.07) is 2.07. The van der Waals surface area contributed by atoms with Crippen molar-refractivity contribution in [3.05, 3.63) is 24.0 Å². The predicted molar refractivity (Wildman–Crippen MR) is 76.8 cm³/mol. The van der Waals surface area contributed by atoms with Crippen molar-refractivity contribution < 1.29 is 9.53 Å². The minimum atomic E-state index is 0.00398. The SMILES string of the molecule is COc1cnccc1C(=O)N1CCN(C(C)CN)CC1. The molecule has 0 bridgehead atoms. The van der Waals surface area contributed by atoms with Crippen LogP contribution in [0.1, 0.15) is 17.3 Å². The fourth-order valence-corrected chi connectivity index (χ4v) is 2.40. The van der Waals surface area contributed by atoms with E-state index in [1.165, 1.54) is 0 Å². The van der Waals surface area contributed by atoms with E-state index in [0.717, 1.165) is 13.1 Å². The van der Waals surface area contributed by atoms with Gasteiger partial charge in [0, 0.05) is 45.0 Å². The summed E-state index contributed by atoms with van der Waals surface area (Å²) in [5.74, 6) is 0.527. The Morgan fingerprint density at radius 1 is 1.45 bits per heavy atom. The average molecular weight is 278 g/mol. The summed E-state index contributed by atoms with van der Waals surface area (Å²) in [5, 5.41) is 0. The number of methoxy groups -OCH3 is 1. The smallest absolute Gasteiger partial charge is 0.257 e. The second kappa shape index (κ2) is 6.67. The van der Waals surface area contributed by atoms with Gasteiger partial charge in [0.05, 0.1) is 18.9 Å². The molecule has 0 spiro atoms. The summed E-state index contributed by atoms with van der Waals surface area (Å²) in [5.41, 5.74) is 6.25. The first-order chi connectivity index (χ1) is 9.67. The second-order valence-corrected chi connectivity index (χ2v) is 4.99. The molecule has 1 atom stereocenters. The number of rotatable bonds is 4. The van der Waals surface area contributed by atoms with Crippen molar-refractivity contribution in [2.45, 2.75) is 13.0 Å². The van der Waals surface area contributed by atoms with Crippen LogP contribution in [0, 0.1) is 0 Å². The van der Waals surface area contributed by atoms with E-state index in [4.69, 9.17) is 10.5 Å². The van der Waals surface area contributed by atoms with Crippen LogP contribution < -0.4 is 10.5 Å². The molecule has 2 N–H and O–H groups in total. The fraction of sp³-hybridized carbons (Fsp3) is 0.571. The Morgan fingerprint density at radius 2 is 2.15 bits per heavy atom. The lowest BCUT2D eigenvalue weighted by Gasteiger charge is -2.37. The second-order valence-electron chi connectivity index (χ2n) is 4.99. The van der Waals surface area contributed by atoms with Crippen molar-refractivity contribution >= 4 is 5.91 Å². The molecule has 20 heavy (non-hydrogen) atoms. The third-order valence-electron chi connectivity index (χ3n) is 3.80. The van der Waals surface area contributed by atoms with E-state index in [9.17, 15) is 4.79 Å². The molecule has 1 aromatic rings. The Kier molecular flexibility index (Phi) is 4.92. The number of carbonyl (C=O) groups is 1. The number of nitrogens with two attached hydrogens (primary N) is 1. The zero-order valence-electron chi connectivity index (χ0n) is 12.1. The summed E-state index contributed by atoms with van der Waals surface area (Å²) in [6.45, 7) is 5.91. The summed E-state index contributed by atoms with van der Waals surface area (Å²) in [4.78, 5) is 20.6. The van der Waals surface area contributed by atoms with Crippen molar-refractivity contribution in [2.24, 2.45) is 5.73 Å². The lowest BCUT2D eigenvalue weighted by Crippen LogP contribution is -2.52. The number of piperazine rings is 1. The van der Waals surface area contributed by atoms with Gasteiger partial charge in [0.15, 0.2) is 0 Å². The van der Waals surface area contributed by atoms with E-state index < -0.39 is 0 Å². The van der Waals surface area contributed by atoms with Crippen LogP contribution in [-0.4, -0.2) is 66.6 Å². The summed E-state index contributed by atoms with van der Waals surface area (Å²) in [6.07, 6.45) is 3.18. The molecule has 6 nitrogen and oxygen atoms in total. The largest absolute Gasteiger partial charge is 0.494 e. The monoisotopic (exact) mass is 278 g/mol. The van der Waals surface area contributed by atoms with Gasteiger partial charge in [-0.15, -0.1) is 0 Å². The van der Waals surface area contributed by atoms with E-state index in [1.54, 1.807) is 25.6 Å². The standard InChI is InChI=1S/C14H22N4O2/c1-11(9-15)17-5-7-18(8-6-17)14(19)12-3-4-16-10-13(12)20-2/h3-4,10-11H,5-9,15H2,1-2H3. The zero-order chi connectivity index (χ0) is 14.5. The third-order valence-corrected chi connectivity index (χ3v) is 3.80. The van der Waals surface area contributed by atoms with Crippen molar-refractivity contribution in [1.29, 1.82) is 0 Å². The highest BCUT2D eigenvalue weighted by Gasteiger charge is 2.25. The van der Waals surface area contributed by atoms with Crippen LogP contribution in [0.3, 0.4) is 0 Å². The lowest BCUT2D eigenvalue weighted by atomic mass is 10.1. The van der Waals surface area contributed by atoms with Gasteiger partial charge >= 0.3 is 0 Å². The highest BCUT2D eigenvalue weighted by atomic mass is 16.5. The molecule has 1 aromatic heterocycles. The molecule has 110 valence electrons. The predicted octanol–water partition coefficient (Wildman–Crippen LogP) is 0.195. The molecule has 6 heteroatoms. The van der Waals surface area contributed by atoms with E-state index in [0.29, 0.717) is 37.0 Å². The number of ether oxygens (including phenoxy) is 1.